The first-order chi connectivity index (χ1) is 10.3. The fourth-order valence-electron chi connectivity index (χ4n) is 2.86. The van der Waals surface area contributed by atoms with Crippen molar-refractivity contribution < 1.29 is 4.74 Å². The summed E-state index contributed by atoms with van der Waals surface area (Å²) in [6, 6.07) is 2.51. The third-order valence-electron chi connectivity index (χ3n) is 3.92. The highest BCUT2D eigenvalue weighted by atomic mass is 16.5. The summed E-state index contributed by atoms with van der Waals surface area (Å²) in [5.74, 6) is 0.762. The molecule has 0 spiro atoms. The van der Waals surface area contributed by atoms with Crippen molar-refractivity contribution in [2.24, 2.45) is 0 Å². The van der Waals surface area contributed by atoms with Gasteiger partial charge >= 0.3 is 0 Å². The molecule has 2 aromatic rings. The van der Waals surface area contributed by atoms with Crippen molar-refractivity contribution in [1.82, 2.24) is 24.6 Å². The Kier molecular flexibility index (Phi) is 4.80. The smallest absolute Gasteiger partial charge is 0.233 e. The minimum Gasteiger partial charge on any atom is -0.383 e. The van der Waals surface area contributed by atoms with E-state index in [-0.39, 0.29) is 0 Å². The summed E-state index contributed by atoms with van der Waals surface area (Å²) in [5.41, 5.74) is 1.06. The summed E-state index contributed by atoms with van der Waals surface area (Å²) in [6.07, 6.45) is 8.36. The minimum absolute atomic E-state index is 0.594. The second-order valence-electron chi connectivity index (χ2n) is 5.58. The normalized spacial score (nSPS) is 18.9. The average molecular weight is 289 g/mol. The second-order valence-corrected chi connectivity index (χ2v) is 5.58. The Morgan fingerprint density at radius 3 is 3.24 bits per heavy atom. The Hall–Kier alpha value is -1.50. The Bertz CT molecular complexity index is 531. The van der Waals surface area contributed by atoms with Gasteiger partial charge in [0.2, 0.25) is 5.78 Å². The second kappa shape index (κ2) is 6.98. The zero-order valence-corrected chi connectivity index (χ0v) is 12.5. The molecule has 0 saturated carbocycles. The Balaban J connectivity index is 1.66. The van der Waals surface area contributed by atoms with Crippen molar-refractivity contribution in [2.75, 3.05) is 33.4 Å². The molecule has 0 aliphatic carbocycles. The average Bonchev–Trinajstić information content (AvgIpc) is 3.13. The SMILES string of the molecule is COCCN(Cc1cn2cccnc2n1)CC1CCCN1. The highest BCUT2D eigenvalue weighted by molar-refractivity contribution is 5.29. The molecule has 114 valence electrons. The van der Waals surface area contributed by atoms with Crippen LogP contribution in [0.2, 0.25) is 0 Å². The van der Waals surface area contributed by atoms with Crippen LogP contribution in [0.3, 0.4) is 0 Å². The van der Waals surface area contributed by atoms with Crippen molar-refractivity contribution >= 4 is 5.78 Å². The first-order valence-corrected chi connectivity index (χ1v) is 7.58. The molecule has 2 aromatic heterocycles. The van der Waals surface area contributed by atoms with E-state index in [1.807, 2.05) is 16.7 Å². The highest BCUT2D eigenvalue weighted by Crippen LogP contribution is 2.10. The molecule has 3 heterocycles. The van der Waals surface area contributed by atoms with E-state index < -0.39 is 0 Å². The maximum atomic E-state index is 5.23. The molecule has 6 heteroatoms. The summed E-state index contributed by atoms with van der Waals surface area (Å²) in [6.45, 7) is 4.70. The van der Waals surface area contributed by atoms with E-state index in [0.717, 1.165) is 44.3 Å². The van der Waals surface area contributed by atoms with Crippen LogP contribution in [-0.2, 0) is 11.3 Å². The Labute approximate surface area is 125 Å². The lowest BCUT2D eigenvalue weighted by Crippen LogP contribution is -2.38. The lowest BCUT2D eigenvalue weighted by Gasteiger charge is -2.24. The molecule has 1 aliphatic rings. The van der Waals surface area contributed by atoms with Gasteiger partial charge in [0.1, 0.15) is 0 Å². The summed E-state index contributed by atoms with van der Waals surface area (Å²) in [4.78, 5) is 11.3. The van der Waals surface area contributed by atoms with Gasteiger partial charge < -0.3 is 10.1 Å². The molecular weight excluding hydrogens is 266 g/mol. The van der Waals surface area contributed by atoms with E-state index in [2.05, 4.69) is 26.4 Å². The van der Waals surface area contributed by atoms with Crippen LogP contribution in [0.4, 0.5) is 0 Å². The molecule has 6 nitrogen and oxygen atoms in total. The highest BCUT2D eigenvalue weighted by Gasteiger charge is 2.18. The number of aromatic nitrogens is 3. The van der Waals surface area contributed by atoms with Crippen molar-refractivity contribution in [3.63, 3.8) is 0 Å². The Morgan fingerprint density at radius 1 is 1.52 bits per heavy atom. The van der Waals surface area contributed by atoms with E-state index in [1.54, 1.807) is 13.3 Å². The number of hydrogen-bond acceptors (Lipinski definition) is 5. The van der Waals surface area contributed by atoms with E-state index in [4.69, 9.17) is 4.74 Å². The molecular formula is C15H23N5O. The zero-order chi connectivity index (χ0) is 14.5. The number of nitrogens with one attached hydrogen (secondary N) is 1. The van der Waals surface area contributed by atoms with Gasteiger partial charge in [-0.05, 0) is 25.5 Å². The van der Waals surface area contributed by atoms with Gasteiger partial charge in [-0.2, -0.15) is 0 Å². The van der Waals surface area contributed by atoms with Gasteiger partial charge in [-0.15, -0.1) is 0 Å². The van der Waals surface area contributed by atoms with E-state index in [0.29, 0.717) is 6.04 Å². The largest absolute Gasteiger partial charge is 0.383 e. The maximum absolute atomic E-state index is 5.23. The standard InChI is InChI=1S/C15H23N5O/c1-21-9-8-19(10-13-4-2-5-16-13)11-14-12-20-7-3-6-17-15(20)18-14/h3,6-7,12-13,16H,2,4-5,8-11H2,1H3. The van der Waals surface area contributed by atoms with Crippen LogP contribution in [-0.4, -0.2) is 58.7 Å². The molecule has 0 aromatic carbocycles. The number of nitrogens with zero attached hydrogens (tertiary/aromatic N) is 4. The molecule has 0 bridgehead atoms. The number of imidazole rings is 1. The zero-order valence-electron chi connectivity index (χ0n) is 12.5. The molecule has 1 N–H and O–H groups in total. The third kappa shape index (κ3) is 3.78. The van der Waals surface area contributed by atoms with Gasteiger partial charge in [-0.3, -0.25) is 9.30 Å². The lowest BCUT2D eigenvalue weighted by molar-refractivity contribution is 0.137. The number of hydrogen-bond donors (Lipinski definition) is 1. The summed E-state index contributed by atoms with van der Waals surface area (Å²) < 4.78 is 7.20. The fraction of sp³-hybridized carbons (Fsp3) is 0.600. The van der Waals surface area contributed by atoms with E-state index in [1.165, 1.54) is 12.8 Å². The summed E-state index contributed by atoms with van der Waals surface area (Å²) >= 11 is 0. The number of methoxy groups -OCH3 is 1. The lowest BCUT2D eigenvalue weighted by atomic mass is 10.2. The van der Waals surface area contributed by atoms with Crippen LogP contribution >= 0.6 is 0 Å². The molecule has 1 aliphatic heterocycles. The van der Waals surface area contributed by atoms with Gasteiger partial charge in [0, 0.05) is 51.4 Å². The topological polar surface area (TPSA) is 54.7 Å². The van der Waals surface area contributed by atoms with Crippen molar-refractivity contribution in [3.05, 3.63) is 30.4 Å². The number of ether oxygens (including phenoxy) is 1. The van der Waals surface area contributed by atoms with E-state index in [9.17, 15) is 0 Å². The minimum atomic E-state index is 0.594. The molecule has 1 saturated heterocycles. The molecule has 1 atom stereocenters. The molecule has 1 fully saturated rings. The Morgan fingerprint density at radius 2 is 2.48 bits per heavy atom. The quantitative estimate of drug-likeness (QED) is 0.822. The van der Waals surface area contributed by atoms with Crippen molar-refractivity contribution in [1.29, 1.82) is 0 Å². The van der Waals surface area contributed by atoms with Gasteiger partial charge in [0.25, 0.3) is 0 Å². The molecule has 0 amide bonds. The van der Waals surface area contributed by atoms with Crippen LogP contribution in [0.1, 0.15) is 18.5 Å². The first kappa shape index (κ1) is 14.4. The third-order valence-corrected chi connectivity index (χ3v) is 3.92. The molecule has 0 radical (unpaired) electrons. The van der Waals surface area contributed by atoms with Crippen LogP contribution in [0.25, 0.3) is 5.78 Å². The maximum Gasteiger partial charge on any atom is 0.233 e. The molecule has 1 unspecified atom stereocenters. The molecule has 3 rings (SSSR count). The van der Waals surface area contributed by atoms with Gasteiger partial charge in [0.15, 0.2) is 0 Å². The monoisotopic (exact) mass is 289 g/mol. The van der Waals surface area contributed by atoms with Gasteiger partial charge in [0.05, 0.1) is 12.3 Å². The predicted octanol–water partition coefficient (Wildman–Crippen LogP) is 0.930. The van der Waals surface area contributed by atoms with Gasteiger partial charge in [-0.25, -0.2) is 9.97 Å². The first-order valence-electron chi connectivity index (χ1n) is 7.58. The van der Waals surface area contributed by atoms with Crippen molar-refractivity contribution in [2.45, 2.75) is 25.4 Å². The molecule has 21 heavy (non-hydrogen) atoms. The van der Waals surface area contributed by atoms with Gasteiger partial charge in [-0.1, -0.05) is 0 Å². The van der Waals surface area contributed by atoms with E-state index >= 15 is 0 Å². The van der Waals surface area contributed by atoms with Crippen LogP contribution in [0.5, 0.6) is 0 Å². The fourth-order valence-corrected chi connectivity index (χ4v) is 2.86. The summed E-state index contributed by atoms with van der Waals surface area (Å²) in [5, 5.41) is 3.56. The summed E-state index contributed by atoms with van der Waals surface area (Å²) in [7, 11) is 1.75. The van der Waals surface area contributed by atoms with Crippen LogP contribution in [0, 0.1) is 0 Å². The number of fused-ring (bicyclic) bond motifs is 1. The van der Waals surface area contributed by atoms with Crippen LogP contribution < -0.4 is 5.32 Å². The number of rotatable bonds is 7. The predicted molar refractivity (Wildman–Crippen MR) is 81.2 cm³/mol. The van der Waals surface area contributed by atoms with Crippen molar-refractivity contribution in [3.8, 4) is 0 Å². The van der Waals surface area contributed by atoms with Crippen LogP contribution in [0.15, 0.2) is 24.7 Å².